The Morgan fingerprint density at radius 2 is 2.12 bits per heavy atom. The van der Waals surface area contributed by atoms with Crippen LogP contribution in [0.3, 0.4) is 0 Å². The molecule has 2 atom stereocenters. The van der Waals surface area contributed by atoms with E-state index in [1.165, 1.54) is 0 Å². The van der Waals surface area contributed by atoms with E-state index in [1.54, 1.807) is 6.33 Å². The highest BCUT2D eigenvalue weighted by Gasteiger charge is 2.27. The Morgan fingerprint density at radius 3 is 2.65 bits per heavy atom. The molecule has 0 radical (unpaired) electrons. The second-order valence-electron chi connectivity index (χ2n) is 8.22. The molecule has 0 bridgehead atoms. The number of aromatic nitrogens is 4. The summed E-state index contributed by atoms with van der Waals surface area (Å²) in [4.78, 5) is 24.0. The molecule has 2 heterocycles. The number of H-pyrrole nitrogens is 1. The van der Waals surface area contributed by atoms with E-state index in [0.29, 0.717) is 5.65 Å². The molecule has 2 aromatic rings. The predicted octanol–water partition coefficient (Wildman–Crippen LogP) is 3.03. The zero-order chi connectivity index (χ0) is 19.6. The number of nitrogens with two attached hydrogens (primary N) is 1. The maximum Gasteiger partial charge on any atom is 0.280 e. The average Bonchev–Trinajstić information content (AvgIpc) is 2.87. The maximum atomic E-state index is 12.1. The van der Waals surface area contributed by atoms with E-state index < -0.39 is 9.04 Å². The third kappa shape index (κ3) is 5.21. The maximum absolute atomic E-state index is 12.1. The summed E-state index contributed by atoms with van der Waals surface area (Å²) in [6.45, 7) is 12.8. The van der Waals surface area contributed by atoms with Crippen molar-refractivity contribution in [3.63, 3.8) is 0 Å². The second-order valence-corrected chi connectivity index (χ2v) is 11.2. The van der Waals surface area contributed by atoms with Gasteiger partial charge in [0.05, 0.1) is 6.33 Å². The van der Waals surface area contributed by atoms with Crippen LogP contribution in [0.25, 0.3) is 11.2 Å². The molecule has 0 aliphatic heterocycles. The SMILES string of the molecule is CC(=S)C(CC(O[SiH](C)C)n1cnc2c(=O)[nH]c(N)nc21)CC(C)(C)C. The summed E-state index contributed by atoms with van der Waals surface area (Å²) in [6, 6.07) is 0. The lowest BCUT2D eigenvalue weighted by molar-refractivity contribution is 0.108. The van der Waals surface area contributed by atoms with Crippen LogP contribution >= 0.6 is 12.2 Å². The van der Waals surface area contributed by atoms with Crippen molar-refractivity contribution >= 4 is 43.2 Å². The molecule has 0 aliphatic rings. The van der Waals surface area contributed by atoms with Crippen molar-refractivity contribution in [2.24, 2.45) is 11.3 Å². The van der Waals surface area contributed by atoms with Crippen molar-refractivity contribution in [1.29, 1.82) is 0 Å². The van der Waals surface area contributed by atoms with E-state index >= 15 is 0 Å². The first kappa shape index (κ1) is 20.7. The summed E-state index contributed by atoms with van der Waals surface area (Å²) in [6.07, 6.45) is 3.02. The molecule has 2 rings (SSSR count). The number of rotatable bonds is 7. The van der Waals surface area contributed by atoms with E-state index in [9.17, 15) is 4.79 Å². The van der Waals surface area contributed by atoms with Gasteiger partial charge < -0.3 is 10.2 Å². The van der Waals surface area contributed by atoms with Gasteiger partial charge in [0.1, 0.15) is 6.23 Å². The number of thiocarbonyl (C=S) groups is 1. The molecular weight excluding hydrogens is 366 g/mol. The fraction of sp³-hybridized carbons (Fsp3) is 0.647. The van der Waals surface area contributed by atoms with Gasteiger partial charge in [0.15, 0.2) is 20.2 Å². The fourth-order valence-electron chi connectivity index (χ4n) is 3.08. The molecule has 0 saturated heterocycles. The quantitative estimate of drug-likeness (QED) is 0.552. The Balaban J connectivity index is 2.44. The first-order valence-electron chi connectivity index (χ1n) is 8.86. The zero-order valence-corrected chi connectivity index (χ0v) is 18.3. The molecule has 0 fully saturated rings. The van der Waals surface area contributed by atoms with Crippen LogP contribution in [0.4, 0.5) is 5.95 Å². The van der Waals surface area contributed by atoms with Gasteiger partial charge in [-0.15, -0.1) is 0 Å². The van der Waals surface area contributed by atoms with Crippen molar-refractivity contribution in [2.75, 3.05) is 5.73 Å². The molecule has 0 saturated carbocycles. The lowest BCUT2D eigenvalue weighted by Gasteiger charge is -2.30. The van der Waals surface area contributed by atoms with Crippen LogP contribution in [0, 0.1) is 11.3 Å². The highest BCUT2D eigenvalue weighted by atomic mass is 32.1. The van der Waals surface area contributed by atoms with Crippen LogP contribution in [-0.2, 0) is 4.43 Å². The van der Waals surface area contributed by atoms with Gasteiger partial charge in [-0.05, 0) is 49.1 Å². The van der Waals surface area contributed by atoms with Crippen molar-refractivity contribution in [3.8, 4) is 0 Å². The topological polar surface area (TPSA) is 98.8 Å². The Morgan fingerprint density at radius 1 is 1.46 bits per heavy atom. The number of nitrogen functional groups attached to an aromatic ring is 1. The third-order valence-electron chi connectivity index (χ3n) is 4.11. The largest absolute Gasteiger partial charge is 0.400 e. The van der Waals surface area contributed by atoms with E-state index in [2.05, 4.69) is 48.8 Å². The second kappa shape index (κ2) is 7.97. The molecule has 2 aromatic heterocycles. The van der Waals surface area contributed by atoms with Crippen LogP contribution < -0.4 is 11.3 Å². The number of nitrogens with one attached hydrogen (secondary N) is 1. The molecule has 0 amide bonds. The van der Waals surface area contributed by atoms with Crippen molar-refractivity contribution in [2.45, 2.75) is 59.9 Å². The third-order valence-corrected chi connectivity index (χ3v) is 5.30. The number of nitrogens with zero attached hydrogens (tertiary/aromatic N) is 3. The van der Waals surface area contributed by atoms with Gasteiger partial charge in [-0.25, -0.2) is 4.98 Å². The molecule has 0 spiro atoms. The molecule has 144 valence electrons. The summed E-state index contributed by atoms with van der Waals surface area (Å²) in [7, 11) is -1.36. The number of anilines is 1. The first-order chi connectivity index (χ1) is 12.0. The molecular formula is C17H29N5O2SSi. The normalized spacial score (nSPS) is 14.7. The average molecular weight is 396 g/mol. The fourth-order valence-corrected chi connectivity index (χ4v) is 4.13. The molecule has 9 heteroatoms. The highest BCUT2D eigenvalue weighted by molar-refractivity contribution is 7.80. The van der Waals surface area contributed by atoms with Crippen molar-refractivity contribution < 1.29 is 4.43 Å². The summed E-state index contributed by atoms with van der Waals surface area (Å²) in [5.41, 5.74) is 6.25. The minimum Gasteiger partial charge on any atom is -0.400 e. The highest BCUT2D eigenvalue weighted by Crippen LogP contribution is 2.32. The van der Waals surface area contributed by atoms with Crippen molar-refractivity contribution in [1.82, 2.24) is 19.5 Å². The van der Waals surface area contributed by atoms with Gasteiger partial charge in [-0.1, -0.05) is 33.0 Å². The van der Waals surface area contributed by atoms with Gasteiger partial charge >= 0.3 is 0 Å². The van der Waals surface area contributed by atoms with Crippen LogP contribution in [0.1, 0.15) is 46.8 Å². The van der Waals surface area contributed by atoms with Gasteiger partial charge in [0.2, 0.25) is 5.95 Å². The summed E-state index contributed by atoms with van der Waals surface area (Å²) < 4.78 is 8.11. The van der Waals surface area contributed by atoms with Crippen LogP contribution in [0.15, 0.2) is 11.1 Å². The smallest absolute Gasteiger partial charge is 0.280 e. The Labute approximate surface area is 161 Å². The van der Waals surface area contributed by atoms with Gasteiger partial charge in [0, 0.05) is 0 Å². The van der Waals surface area contributed by atoms with Gasteiger partial charge in [0.25, 0.3) is 5.56 Å². The Hall–Kier alpha value is -1.58. The monoisotopic (exact) mass is 395 g/mol. The number of hydrogen-bond donors (Lipinski definition) is 2. The van der Waals surface area contributed by atoms with Crippen LogP contribution in [0.2, 0.25) is 13.1 Å². The summed E-state index contributed by atoms with van der Waals surface area (Å²) >= 11 is 5.52. The number of imidazole rings is 1. The van der Waals surface area contributed by atoms with Crippen molar-refractivity contribution in [3.05, 3.63) is 16.7 Å². The summed E-state index contributed by atoms with van der Waals surface area (Å²) in [5.74, 6) is 0.293. The standard InChI is InChI=1S/C17H29N5O2SSi/c1-10(25)11(8-17(2,3)4)7-12(24-26(5)6)22-9-19-13-14(22)20-16(18)21-15(13)23/h9,11-12,26H,7-8H2,1-6H3,(H3,18,20,21,23). The predicted molar refractivity (Wildman–Crippen MR) is 112 cm³/mol. The lowest BCUT2D eigenvalue weighted by atomic mass is 9.81. The number of hydrogen-bond acceptors (Lipinski definition) is 6. The zero-order valence-electron chi connectivity index (χ0n) is 16.4. The van der Waals surface area contributed by atoms with E-state index in [0.717, 1.165) is 17.7 Å². The molecule has 2 unspecified atom stereocenters. The molecule has 26 heavy (non-hydrogen) atoms. The number of fused-ring (bicyclic) bond motifs is 1. The van der Waals surface area contributed by atoms with Gasteiger partial charge in [-0.2, -0.15) is 4.98 Å². The van der Waals surface area contributed by atoms with Crippen LogP contribution in [-0.4, -0.2) is 33.4 Å². The summed E-state index contributed by atoms with van der Waals surface area (Å²) in [5, 5.41) is 0. The minimum absolute atomic E-state index is 0.0713. The molecule has 7 nitrogen and oxygen atoms in total. The molecule has 0 aromatic carbocycles. The number of aromatic amines is 1. The van der Waals surface area contributed by atoms with Crippen LogP contribution in [0.5, 0.6) is 0 Å². The van der Waals surface area contributed by atoms with Gasteiger partial charge in [-0.3, -0.25) is 14.3 Å². The Kier molecular flexibility index (Phi) is 6.36. The minimum atomic E-state index is -1.36. The van der Waals surface area contributed by atoms with E-state index in [4.69, 9.17) is 22.4 Å². The van der Waals surface area contributed by atoms with E-state index in [-0.39, 0.29) is 34.6 Å². The molecule has 3 N–H and O–H groups in total. The Bertz CT molecular complexity index is 840. The first-order valence-corrected chi connectivity index (χ1v) is 12.0. The lowest BCUT2D eigenvalue weighted by Crippen LogP contribution is -2.27. The molecule has 0 aliphatic carbocycles. The van der Waals surface area contributed by atoms with E-state index in [1.807, 2.05) is 11.5 Å².